The van der Waals surface area contributed by atoms with Gasteiger partial charge in [-0.3, -0.25) is 0 Å². The van der Waals surface area contributed by atoms with Crippen molar-refractivity contribution in [1.82, 2.24) is 0 Å². The highest BCUT2D eigenvalue weighted by molar-refractivity contribution is 5.86. The van der Waals surface area contributed by atoms with Crippen molar-refractivity contribution in [2.24, 2.45) is 5.16 Å². The Bertz CT molecular complexity index is 141. The fraction of sp³-hybridized carbons (Fsp3) is 0.714. The van der Waals surface area contributed by atoms with Gasteiger partial charge in [0.1, 0.15) is 12.9 Å². The molecule has 0 saturated carbocycles. The minimum Gasteiger partial charge on any atom is -0.399 e. The molecule has 3 nitrogen and oxygen atoms in total. The third kappa shape index (κ3) is 5.28. The lowest BCUT2D eigenvalue weighted by Crippen LogP contribution is -1.97. The zero-order valence-electron chi connectivity index (χ0n) is 6.68. The predicted octanol–water partition coefficient (Wildman–Crippen LogP) is 1.38. The van der Waals surface area contributed by atoms with Gasteiger partial charge in [-0.05, 0) is 20.3 Å². The lowest BCUT2D eigenvalue weighted by molar-refractivity contribution is -0.116. The molecule has 0 unspecified atom stereocenters. The predicted molar refractivity (Wildman–Crippen MR) is 40.0 cm³/mol. The number of Topliss-reactive ketones (excluding diaryl/α,β-unsaturated/α-hetero) is 1. The van der Waals surface area contributed by atoms with Crippen LogP contribution in [0.4, 0.5) is 0 Å². The first-order valence-electron chi connectivity index (χ1n) is 3.23. The number of ketones is 1. The molecule has 0 amide bonds. The van der Waals surface area contributed by atoms with Crippen LogP contribution in [0.3, 0.4) is 0 Å². The summed E-state index contributed by atoms with van der Waals surface area (Å²) in [5, 5.41) is 3.66. The van der Waals surface area contributed by atoms with Crippen molar-refractivity contribution in [2.45, 2.75) is 26.7 Å². The average molecular weight is 143 g/mol. The molecule has 0 aromatic heterocycles. The summed E-state index contributed by atoms with van der Waals surface area (Å²) in [6, 6.07) is 0. The van der Waals surface area contributed by atoms with E-state index in [0.29, 0.717) is 12.8 Å². The Hall–Kier alpha value is -0.860. The first-order chi connectivity index (χ1) is 4.66. The van der Waals surface area contributed by atoms with Crippen molar-refractivity contribution in [3.8, 4) is 0 Å². The Morgan fingerprint density at radius 2 is 2.00 bits per heavy atom. The van der Waals surface area contributed by atoms with Gasteiger partial charge in [-0.25, -0.2) is 0 Å². The number of hydrogen-bond donors (Lipinski definition) is 0. The van der Waals surface area contributed by atoms with E-state index in [-0.39, 0.29) is 5.78 Å². The van der Waals surface area contributed by atoms with Crippen LogP contribution in [0.5, 0.6) is 0 Å². The average Bonchev–Trinajstić information content (AvgIpc) is 1.85. The normalized spacial score (nSPS) is 11.3. The molecule has 10 heavy (non-hydrogen) atoms. The number of carbonyl (C=O) groups excluding carboxylic acids is 1. The number of nitrogens with zero attached hydrogens (tertiary/aromatic N) is 1. The van der Waals surface area contributed by atoms with Crippen molar-refractivity contribution in [1.29, 1.82) is 0 Å². The Morgan fingerprint density at radius 1 is 1.40 bits per heavy atom. The molecule has 0 aromatic rings. The van der Waals surface area contributed by atoms with Gasteiger partial charge in [-0.1, -0.05) is 5.16 Å². The molecule has 0 aromatic carbocycles. The van der Waals surface area contributed by atoms with Crippen molar-refractivity contribution in [3.63, 3.8) is 0 Å². The van der Waals surface area contributed by atoms with Gasteiger partial charge in [0.05, 0.1) is 5.71 Å². The maximum Gasteiger partial charge on any atom is 0.130 e. The van der Waals surface area contributed by atoms with E-state index >= 15 is 0 Å². The van der Waals surface area contributed by atoms with Crippen molar-refractivity contribution >= 4 is 11.5 Å². The Kier molecular flexibility index (Phi) is 4.54. The molecule has 58 valence electrons. The van der Waals surface area contributed by atoms with Gasteiger partial charge in [0.15, 0.2) is 0 Å². The lowest BCUT2D eigenvalue weighted by Gasteiger charge is -1.94. The smallest absolute Gasteiger partial charge is 0.130 e. The zero-order valence-corrected chi connectivity index (χ0v) is 6.68. The van der Waals surface area contributed by atoms with Crippen LogP contribution in [0.15, 0.2) is 5.16 Å². The molecular formula is C7H13NO2. The van der Waals surface area contributed by atoms with Crippen molar-refractivity contribution in [3.05, 3.63) is 0 Å². The quantitative estimate of drug-likeness (QED) is 0.440. The molecule has 0 bridgehead atoms. The van der Waals surface area contributed by atoms with Crippen LogP contribution < -0.4 is 0 Å². The summed E-state index contributed by atoms with van der Waals surface area (Å²) in [6.07, 6.45) is 1.25. The summed E-state index contributed by atoms with van der Waals surface area (Å²) in [6.45, 7) is 3.41. The highest BCUT2D eigenvalue weighted by atomic mass is 16.6. The third-order valence-electron chi connectivity index (χ3n) is 1.09. The molecule has 0 aliphatic carbocycles. The second kappa shape index (κ2) is 4.97. The minimum atomic E-state index is 0.186. The SMILES string of the molecule is CO/N=C(\C)CCC(C)=O. The summed E-state index contributed by atoms with van der Waals surface area (Å²) >= 11 is 0. The Labute approximate surface area is 61.1 Å². The fourth-order valence-corrected chi connectivity index (χ4v) is 0.558. The monoisotopic (exact) mass is 143 g/mol. The van der Waals surface area contributed by atoms with Crippen LogP contribution in [0.1, 0.15) is 26.7 Å². The van der Waals surface area contributed by atoms with E-state index in [1.165, 1.54) is 7.11 Å². The van der Waals surface area contributed by atoms with Crippen molar-refractivity contribution < 1.29 is 9.63 Å². The van der Waals surface area contributed by atoms with Gasteiger partial charge in [-0.2, -0.15) is 0 Å². The van der Waals surface area contributed by atoms with E-state index in [0.717, 1.165) is 5.71 Å². The van der Waals surface area contributed by atoms with Crippen LogP contribution in [0.2, 0.25) is 0 Å². The molecule has 0 rings (SSSR count). The molecular weight excluding hydrogens is 130 g/mol. The summed E-state index contributed by atoms with van der Waals surface area (Å²) < 4.78 is 0. The van der Waals surface area contributed by atoms with E-state index < -0.39 is 0 Å². The molecule has 0 spiro atoms. The second-order valence-electron chi connectivity index (χ2n) is 2.21. The van der Waals surface area contributed by atoms with Gasteiger partial charge in [-0.15, -0.1) is 0 Å². The van der Waals surface area contributed by atoms with Gasteiger partial charge in [0.2, 0.25) is 0 Å². The maximum absolute atomic E-state index is 10.5. The van der Waals surface area contributed by atoms with Crippen LogP contribution in [-0.2, 0) is 9.63 Å². The first kappa shape index (κ1) is 9.14. The summed E-state index contributed by atoms with van der Waals surface area (Å²) in [7, 11) is 1.50. The van der Waals surface area contributed by atoms with Crippen LogP contribution in [0.25, 0.3) is 0 Å². The summed E-state index contributed by atoms with van der Waals surface area (Å²) in [4.78, 5) is 15.0. The van der Waals surface area contributed by atoms with Crippen LogP contribution in [-0.4, -0.2) is 18.6 Å². The molecule has 0 aliphatic heterocycles. The van der Waals surface area contributed by atoms with Crippen molar-refractivity contribution in [2.75, 3.05) is 7.11 Å². The van der Waals surface area contributed by atoms with Gasteiger partial charge >= 0.3 is 0 Å². The third-order valence-corrected chi connectivity index (χ3v) is 1.09. The minimum absolute atomic E-state index is 0.186. The zero-order chi connectivity index (χ0) is 7.98. The lowest BCUT2D eigenvalue weighted by atomic mass is 10.2. The summed E-state index contributed by atoms with van der Waals surface area (Å²) in [5.41, 5.74) is 0.859. The van der Waals surface area contributed by atoms with Crippen LogP contribution >= 0.6 is 0 Å². The van der Waals surface area contributed by atoms with Gasteiger partial charge < -0.3 is 9.63 Å². The molecule has 0 N–H and O–H groups in total. The molecule has 3 heteroatoms. The van der Waals surface area contributed by atoms with E-state index in [2.05, 4.69) is 9.99 Å². The highest BCUT2D eigenvalue weighted by Crippen LogP contribution is 1.93. The summed E-state index contributed by atoms with van der Waals surface area (Å²) in [5.74, 6) is 0.186. The van der Waals surface area contributed by atoms with E-state index in [4.69, 9.17) is 0 Å². The maximum atomic E-state index is 10.5. The number of rotatable bonds is 4. The van der Waals surface area contributed by atoms with Gasteiger partial charge in [0.25, 0.3) is 0 Å². The molecule has 0 aliphatic rings. The Balaban J connectivity index is 3.48. The van der Waals surface area contributed by atoms with E-state index in [9.17, 15) is 4.79 Å². The molecule has 0 heterocycles. The topological polar surface area (TPSA) is 38.7 Å². The van der Waals surface area contributed by atoms with E-state index in [1.807, 2.05) is 6.92 Å². The van der Waals surface area contributed by atoms with Crippen LogP contribution in [0, 0.1) is 0 Å². The number of carbonyl (C=O) groups is 1. The molecule has 0 fully saturated rings. The first-order valence-corrected chi connectivity index (χ1v) is 3.23. The number of hydrogen-bond acceptors (Lipinski definition) is 3. The number of oxime groups is 1. The van der Waals surface area contributed by atoms with E-state index in [1.54, 1.807) is 6.92 Å². The standard InChI is InChI=1S/C7H13NO2/c1-6(8-10-3)4-5-7(2)9/h4-5H2,1-3H3/b8-6+. The molecule has 0 saturated heterocycles. The highest BCUT2D eigenvalue weighted by Gasteiger charge is 1.95. The largest absolute Gasteiger partial charge is 0.399 e. The molecule has 0 radical (unpaired) electrons. The second-order valence-corrected chi connectivity index (χ2v) is 2.21. The molecule has 0 atom stereocenters. The Morgan fingerprint density at radius 3 is 2.40 bits per heavy atom. The van der Waals surface area contributed by atoms with Gasteiger partial charge in [0, 0.05) is 6.42 Å². The fourth-order valence-electron chi connectivity index (χ4n) is 0.558.